The van der Waals surface area contributed by atoms with Crippen molar-refractivity contribution < 1.29 is 36.6 Å². The van der Waals surface area contributed by atoms with Crippen LogP contribution < -0.4 is 15.8 Å². The Balaban J connectivity index is 2.18. The lowest BCUT2D eigenvalue weighted by Gasteiger charge is -2.15. The first-order chi connectivity index (χ1) is 13.9. The van der Waals surface area contributed by atoms with E-state index in [4.69, 9.17) is 26.8 Å². The molecule has 0 aliphatic carbocycles. The van der Waals surface area contributed by atoms with Crippen LogP contribution in [0.25, 0.3) is 0 Å². The average molecular weight is 449 g/mol. The predicted molar refractivity (Wildman–Crippen MR) is 102 cm³/mol. The number of hydrogen-bond donors (Lipinski definition) is 2. The summed E-state index contributed by atoms with van der Waals surface area (Å²) in [5.41, 5.74) is 4.71. The van der Waals surface area contributed by atoms with E-state index in [1.165, 1.54) is 25.1 Å². The highest BCUT2D eigenvalue weighted by molar-refractivity contribution is 6.32. The minimum absolute atomic E-state index is 0.000325. The monoisotopic (exact) mass is 448 g/mol. The molecule has 0 heterocycles. The van der Waals surface area contributed by atoms with Crippen LogP contribution in [-0.2, 0) is 20.5 Å². The van der Waals surface area contributed by atoms with E-state index < -0.39 is 46.1 Å². The third-order valence-corrected chi connectivity index (χ3v) is 4.14. The first-order valence-corrected chi connectivity index (χ1v) is 8.93. The Morgan fingerprint density at radius 3 is 2.43 bits per heavy atom. The van der Waals surface area contributed by atoms with E-state index in [1.54, 1.807) is 6.92 Å². The van der Waals surface area contributed by atoms with Gasteiger partial charge in [0.05, 0.1) is 28.6 Å². The fraction of sp³-hybridized carbons (Fsp3) is 0.263. The molecule has 162 valence electrons. The highest BCUT2D eigenvalue weighted by atomic mass is 35.5. The van der Waals surface area contributed by atoms with E-state index >= 15 is 0 Å². The number of nitrogens with two attached hydrogens (primary N) is 1. The van der Waals surface area contributed by atoms with Crippen LogP contribution >= 0.6 is 11.6 Å². The van der Waals surface area contributed by atoms with E-state index in [-0.39, 0.29) is 29.8 Å². The summed E-state index contributed by atoms with van der Waals surface area (Å²) in [5.74, 6) is -4.41. The maximum absolute atomic E-state index is 14.1. The Hall–Kier alpha value is -3.01. The zero-order valence-electron chi connectivity index (χ0n) is 15.8. The summed E-state index contributed by atoms with van der Waals surface area (Å²) in [6, 6.07) is 4.60. The molecule has 2 aromatic carbocycles. The van der Waals surface area contributed by atoms with Crippen LogP contribution in [0, 0.1) is 11.7 Å². The summed E-state index contributed by atoms with van der Waals surface area (Å²) >= 11 is 5.72. The fourth-order valence-corrected chi connectivity index (χ4v) is 2.52. The van der Waals surface area contributed by atoms with Crippen LogP contribution in [-0.4, -0.2) is 18.5 Å². The van der Waals surface area contributed by atoms with Gasteiger partial charge in [-0.1, -0.05) is 11.6 Å². The minimum atomic E-state index is -4.77. The zero-order valence-corrected chi connectivity index (χ0v) is 16.5. The van der Waals surface area contributed by atoms with Crippen molar-refractivity contribution >= 4 is 34.9 Å². The van der Waals surface area contributed by atoms with Crippen LogP contribution in [0.4, 0.5) is 28.9 Å². The maximum Gasteiger partial charge on any atom is 0.416 e. The Morgan fingerprint density at radius 2 is 1.90 bits per heavy atom. The van der Waals surface area contributed by atoms with Gasteiger partial charge in [0.25, 0.3) is 0 Å². The highest BCUT2D eigenvalue weighted by Crippen LogP contribution is 2.39. The first-order valence-electron chi connectivity index (χ1n) is 8.55. The van der Waals surface area contributed by atoms with Crippen molar-refractivity contribution in [2.75, 3.05) is 17.7 Å². The van der Waals surface area contributed by atoms with Crippen LogP contribution in [0.1, 0.15) is 19.4 Å². The Morgan fingerprint density at radius 1 is 1.23 bits per heavy atom. The second-order valence-electron chi connectivity index (χ2n) is 6.08. The number of hydrogen-bond acceptors (Lipinski definition) is 5. The van der Waals surface area contributed by atoms with Gasteiger partial charge in [-0.05, 0) is 38.1 Å². The molecule has 3 N–H and O–H groups in total. The smallest absolute Gasteiger partial charge is 0.416 e. The minimum Gasteiger partial charge on any atom is -0.465 e. The first kappa shape index (κ1) is 23.3. The molecule has 11 heteroatoms. The van der Waals surface area contributed by atoms with Crippen molar-refractivity contribution in [2.45, 2.75) is 20.0 Å². The van der Waals surface area contributed by atoms with Gasteiger partial charge in [-0.2, -0.15) is 13.2 Å². The van der Waals surface area contributed by atoms with E-state index in [0.29, 0.717) is 6.07 Å². The number of ether oxygens (including phenoxy) is 2. The molecule has 2 aromatic rings. The van der Waals surface area contributed by atoms with Gasteiger partial charge in [0, 0.05) is 6.07 Å². The standard InChI is InChI=1S/C19H17ClF4N2O4/c1-3-29-18(28)9(2)17(27)26-15-5-4-11(8-14(15)25)30-16-12(20)6-10(7-13(16)21)19(22,23)24/h4-9H,3,25H2,1-2H3,(H,26,27). The predicted octanol–water partition coefficient (Wildman–Crippen LogP) is 5.01. The summed E-state index contributed by atoms with van der Waals surface area (Å²) < 4.78 is 62.2. The van der Waals surface area contributed by atoms with Gasteiger partial charge in [-0.15, -0.1) is 0 Å². The van der Waals surface area contributed by atoms with Gasteiger partial charge < -0.3 is 20.5 Å². The summed E-state index contributed by atoms with van der Waals surface area (Å²) in [6.45, 7) is 3.08. The van der Waals surface area contributed by atoms with Gasteiger partial charge in [0.1, 0.15) is 11.7 Å². The number of benzene rings is 2. The Labute approximate surface area is 173 Å². The zero-order chi connectivity index (χ0) is 22.6. The van der Waals surface area contributed by atoms with E-state index in [0.717, 1.165) is 0 Å². The van der Waals surface area contributed by atoms with Gasteiger partial charge in [-0.25, -0.2) is 4.39 Å². The van der Waals surface area contributed by atoms with Crippen LogP contribution in [0.2, 0.25) is 5.02 Å². The van der Waals surface area contributed by atoms with Crippen molar-refractivity contribution in [1.29, 1.82) is 0 Å². The van der Waals surface area contributed by atoms with Crippen molar-refractivity contribution in [2.24, 2.45) is 5.92 Å². The molecule has 2 rings (SSSR count). The fourth-order valence-electron chi connectivity index (χ4n) is 2.27. The summed E-state index contributed by atoms with van der Waals surface area (Å²) in [7, 11) is 0. The molecule has 0 spiro atoms. The highest BCUT2D eigenvalue weighted by Gasteiger charge is 2.32. The van der Waals surface area contributed by atoms with E-state index in [9.17, 15) is 27.2 Å². The third kappa shape index (κ3) is 5.53. The quantitative estimate of drug-likeness (QED) is 0.280. The normalized spacial score (nSPS) is 12.2. The number of nitrogens with one attached hydrogen (secondary N) is 1. The third-order valence-electron chi connectivity index (χ3n) is 3.86. The molecule has 1 atom stereocenters. The van der Waals surface area contributed by atoms with Crippen LogP contribution in [0.3, 0.4) is 0 Å². The summed E-state index contributed by atoms with van der Waals surface area (Å²) in [6.07, 6.45) is -4.77. The second-order valence-corrected chi connectivity index (χ2v) is 6.49. The number of carbonyl (C=O) groups excluding carboxylic acids is 2. The molecular formula is C19H17ClF4N2O4. The Bertz CT molecular complexity index is 943. The van der Waals surface area contributed by atoms with E-state index in [1.807, 2.05) is 0 Å². The van der Waals surface area contributed by atoms with E-state index in [2.05, 4.69) is 5.32 Å². The lowest BCUT2D eigenvalue weighted by molar-refractivity contribution is -0.150. The summed E-state index contributed by atoms with van der Waals surface area (Å²) in [4.78, 5) is 23.7. The molecule has 0 aliphatic rings. The number of carbonyl (C=O) groups is 2. The molecule has 0 fully saturated rings. The van der Waals surface area contributed by atoms with Crippen molar-refractivity contribution in [3.8, 4) is 11.5 Å². The lowest BCUT2D eigenvalue weighted by Crippen LogP contribution is -2.29. The SMILES string of the molecule is CCOC(=O)C(C)C(=O)Nc1ccc(Oc2c(F)cc(C(F)(F)F)cc2Cl)cc1N. The topological polar surface area (TPSA) is 90.7 Å². The van der Waals surface area contributed by atoms with Gasteiger partial charge in [0.15, 0.2) is 11.6 Å². The van der Waals surface area contributed by atoms with Crippen LogP contribution in [0.15, 0.2) is 30.3 Å². The molecule has 1 amide bonds. The molecule has 0 bridgehead atoms. The van der Waals surface area contributed by atoms with Crippen molar-refractivity contribution in [1.82, 2.24) is 0 Å². The Kier molecular flexibility index (Phi) is 7.14. The number of nitrogen functional groups attached to an aromatic ring is 1. The van der Waals surface area contributed by atoms with Gasteiger partial charge >= 0.3 is 12.1 Å². The van der Waals surface area contributed by atoms with Crippen molar-refractivity contribution in [3.05, 3.63) is 46.7 Å². The number of amides is 1. The molecule has 0 saturated carbocycles. The lowest BCUT2D eigenvalue weighted by atomic mass is 10.1. The average Bonchev–Trinajstić information content (AvgIpc) is 2.65. The van der Waals surface area contributed by atoms with Crippen molar-refractivity contribution in [3.63, 3.8) is 0 Å². The molecule has 0 aromatic heterocycles. The molecule has 1 unspecified atom stereocenters. The number of alkyl halides is 3. The molecule has 0 saturated heterocycles. The number of anilines is 2. The number of rotatable bonds is 6. The largest absolute Gasteiger partial charge is 0.465 e. The second kappa shape index (κ2) is 9.21. The number of esters is 1. The molecular weight excluding hydrogens is 432 g/mol. The molecule has 6 nitrogen and oxygen atoms in total. The van der Waals surface area contributed by atoms with Gasteiger partial charge in [0.2, 0.25) is 5.91 Å². The molecule has 30 heavy (non-hydrogen) atoms. The molecule has 0 radical (unpaired) electrons. The molecule has 0 aliphatic heterocycles. The summed E-state index contributed by atoms with van der Waals surface area (Å²) in [5, 5.41) is 1.86. The number of halogens is 5. The maximum atomic E-state index is 14.1. The van der Waals surface area contributed by atoms with Crippen LogP contribution in [0.5, 0.6) is 11.5 Å². The van der Waals surface area contributed by atoms with Gasteiger partial charge in [-0.3, -0.25) is 9.59 Å².